The van der Waals surface area contributed by atoms with E-state index >= 15 is 0 Å². The molecule has 0 amide bonds. The summed E-state index contributed by atoms with van der Waals surface area (Å²) < 4.78 is 14.8. The van der Waals surface area contributed by atoms with E-state index in [-0.39, 0.29) is 11.7 Å². The van der Waals surface area contributed by atoms with Crippen LogP contribution < -0.4 is 0 Å². The molecule has 0 aromatic heterocycles. The van der Waals surface area contributed by atoms with Crippen LogP contribution in [-0.4, -0.2) is 0 Å². The summed E-state index contributed by atoms with van der Waals surface area (Å²) in [6, 6.07) is 0. The number of allylic oxidation sites excluding steroid dienone is 8. The van der Waals surface area contributed by atoms with Crippen molar-refractivity contribution in [3.63, 3.8) is 0 Å². The van der Waals surface area contributed by atoms with Crippen molar-refractivity contribution in [2.24, 2.45) is 35.5 Å². The lowest BCUT2D eigenvalue weighted by Gasteiger charge is -2.22. The molecule has 0 aromatic rings. The fraction of sp³-hybridized carbons (Fsp3) is 0.625. The molecule has 4 atom stereocenters. The Hall–Kier alpha value is -1.63. The van der Waals surface area contributed by atoms with Gasteiger partial charge in [0, 0.05) is 5.57 Å². The summed E-state index contributed by atoms with van der Waals surface area (Å²) in [5.41, 5.74) is 2.76. The quantitative estimate of drug-likeness (QED) is 0.191. The predicted molar refractivity (Wildman–Crippen MR) is 149 cm³/mol. The maximum absolute atomic E-state index is 14.8. The third kappa shape index (κ3) is 13.6. The monoisotopic (exact) mass is 456 g/mol. The molecule has 0 aliphatic carbocycles. The Balaban J connectivity index is 4.74. The van der Waals surface area contributed by atoms with Crippen LogP contribution in [0.2, 0.25) is 0 Å². The molecule has 0 aliphatic rings. The van der Waals surface area contributed by atoms with Crippen LogP contribution in [0.1, 0.15) is 93.9 Å². The van der Waals surface area contributed by atoms with Gasteiger partial charge in [-0.1, -0.05) is 119 Å². The third-order valence-corrected chi connectivity index (χ3v) is 7.16. The minimum atomic E-state index is -0.349. The van der Waals surface area contributed by atoms with Gasteiger partial charge in [-0.15, -0.1) is 0 Å². The van der Waals surface area contributed by atoms with Crippen LogP contribution in [0.5, 0.6) is 0 Å². The van der Waals surface area contributed by atoms with Gasteiger partial charge >= 0.3 is 0 Å². The molecule has 0 nitrogen and oxygen atoms in total. The topological polar surface area (TPSA) is 0 Å². The van der Waals surface area contributed by atoms with Crippen LogP contribution in [0.4, 0.5) is 4.39 Å². The Morgan fingerprint density at radius 1 is 0.606 bits per heavy atom. The van der Waals surface area contributed by atoms with Gasteiger partial charge < -0.3 is 0 Å². The van der Waals surface area contributed by atoms with E-state index in [0.29, 0.717) is 28.9 Å². The van der Waals surface area contributed by atoms with E-state index in [1.54, 1.807) is 6.08 Å². The highest BCUT2D eigenvalue weighted by Gasteiger charge is 2.16. The molecule has 188 valence electrons. The number of rotatable bonds is 17. The average Bonchev–Trinajstić information content (AvgIpc) is 2.75. The first-order valence-corrected chi connectivity index (χ1v) is 13.1. The fourth-order valence-electron chi connectivity index (χ4n) is 3.65. The molecular formula is C32H53F. The smallest absolute Gasteiger partial charge is 0.130 e. The molecule has 0 bridgehead atoms. The zero-order valence-corrected chi connectivity index (χ0v) is 23.1. The Morgan fingerprint density at radius 2 is 1.03 bits per heavy atom. The van der Waals surface area contributed by atoms with Crippen molar-refractivity contribution in [1.29, 1.82) is 0 Å². The van der Waals surface area contributed by atoms with E-state index in [1.165, 1.54) is 19.3 Å². The maximum atomic E-state index is 14.8. The highest BCUT2D eigenvalue weighted by Crippen LogP contribution is 2.29. The van der Waals surface area contributed by atoms with Crippen LogP contribution in [0.3, 0.4) is 0 Å². The summed E-state index contributed by atoms with van der Waals surface area (Å²) >= 11 is 0. The molecule has 0 N–H and O–H groups in total. The van der Waals surface area contributed by atoms with E-state index in [1.807, 2.05) is 12.2 Å². The van der Waals surface area contributed by atoms with Crippen molar-refractivity contribution in [2.75, 3.05) is 0 Å². The molecule has 0 rings (SSSR count). The summed E-state index contributed by atoms with van der Waals surface area (Å²) in [5, 5.41) is 0. The van der Waals surface area contributed by atoms with Crippen LogP contribution in [0.25, 0.3) is 0 Å². The van der Waals surface area contributed by atoms with Gasteiger partial charge in [0.1, 0.15) is 5.83 Å². The molecular weight excluding hydrogens is 403 g/mol. The Labute approximate surface area is 206 Å². The minimum absolute atomic E-state index is 0.244. The summed E-state index contributed by atoms with van der Waals surface area (Å²) in [6.07, 6.45) is 12.3. The van der Waals surface area contributed by atoms with Crippen molar-refractivity contribution in [2.45, 2.75) is 93.9 Å². The van der Waals surface area contributed by atoms with Crippen LogP contribution >= 0.6 is 0 Å². The molecule has 4 unspecified atom stereocenters. The zero-order chi connectivity index (χ0) is 25.7. The first kappa shape index (κ1) is 31.4. The van der Waals surface area contributed by atoms with Crippen molar-refractivity contribution < 1.29 is 4.39 Å². The van der Waals surface area contributed by atoms with Crippen LogP contribution in [-0.2, 0) is 0 Å². The zero-order valence-electron chi connectivity index (χ0n) is 23.1. The number of hydrogen-bond acceptors (Lipinski definition) is 0. The lowest BCUT2D eigenvalue weighted by Crippen LogP contribution is -2.11. The molecule has 0 saturated heterocycles. The van der Waals surface area contributed by atoms with E-state index in [4.69, 9.17) is 0 Å². The molecule has 0 fully saturated rings. The van der Waals surface area contributed by atoms with Gasteiger partial charge in [-0.3, -0.25) is 0 Å². The van der Waals surface area contributed by atoms with Crippen LogP contribution in [0.15, 0.2) is 72.7 Å². The summed E-state index contributed by atoms with van der Waals surface area (Å²) in [4.78, 5) is 0. The fourth-order valence-corrected chi connectivity index (χ4v) is 3.65. The van der Waals surface area contributed by atoms with Gasteiger partial charge in [0.2, 0.25) is 0 Å². The highest BCUT2D eigenvalue weighted by molar-refractivity contribution is 5.48. The molecule has 33 heavy (non-hydrogen) atoms. The second kappa shape index (κ2) is 16.1. The van der Waals surface area contributed by atoms with E-state index < -0.39 is 0 Å². The average molecular weight is 457 g/mol. The highest BCUT2D eigenvalue weighted by atomic mass is 19.1. The summed E-state index contributed by atoms with van der Waals surface area (Å²) in [6.45, 7) is 34.3. The van der Waals surface area contributed by atoms with Gasteiger partial charge in [-0.2, -0.15) is 0 Å². The summed E-state index contributed by atoms with van der Waals surface area (Å²) in [7, 11) is 0. The predicted octanol–water partition coefficient (Wildman–Crippen LogP) is 10.8. The standard InChI is InChI=1S/C32H53F/c1-22(2)13-15-24(5)26(7)17-18-28(9)30(11)21-32(33)31(12)29(10)20-19-27(8)25(6)16-14-23(3)4/h19-26,28H,8,10-18H2,1-7,9H3/b20-19-,32-21+. The molecule has 0 spiro atoms. The number of hydrogen-bond donors (Lipinski definition) is 0. The SMILES string of the molecule is C=C(/C=C\C(=C)C(C)CCC(C)C)C(=C)/C(F)=C\C(=C)C(C)CCC(C)C(C)CCC(C)C. The van der Waals surface area contributed by atoms with Crippen molar-refractivity contribution in [3.05, 3.63) is 72.7 Å². The molecule has 0 aliphatic heterocycles. The normalized spacial score (nSPS) is 16.2. The maximum Gasteiger partial charge on any atom is 0.130 e. The second-order valence-corrected chi connectivity index (χ2v) is 11.3. The molecule has 0 radical (unpaired) electrons. The molecule has 1 heteroatoms. The van der Waals surface area contributed by atoms with E-state index in [0.717, 1.165) is 42.2 Å². The number of halogens is 1. The van der Waals surface area contributed by atoms with Crippen molar-refractivity contribution in [1.82, 2.24) is 0 Å². The Kier molecular flexibility index (Phi) is 15.3. The molecule has 0 heterocycles. The first-order chi connectivity index (χ1) is 15.3. The van der Waals surface area contributed by atoms with Gasteiger partial charge in [0.25, 0.3) is 0 Å². The van der Waals surface area contributed by atoms with Gasteiger partial charge in [0.05, 0.1) is 0 Å². The lowest BCUT2D eigenvalue weighted by molar-refractivity contribution is 0.306. The van der Waals surface area contributed by atoms with Crippen molar-refractivity contribution in [3.8, 4) is 0 Å². The lowest BCUT2D eigenvalue weighted by atomic mass is 9.83. The van der Waals surface area contributed by atoms with E-state index in [2.05, 4.69) is 81.7 Å². The Morgan fingerprint density at radius 3 is 1.55 bits per heavy atom. The largest absolute Gasteiger partial charge is 0.206 e. The van der Waals surface area contributed by atoms with Gasteiger partial charge in [-0.05, 0) is 72.0 Å². The van der Waals surface area contributed by atoms with Gasteiger partial charge in [-0.25, -0.2) is 4.39 Å². The third-order valence-electron chi connectivity index (χ3n) is 7.16. The first-order valence-electron chi connectivity index (χ1n) is 13.1. The van der Waals surface area contributed by atoms with Crippen molar-refractivity contribution >= 4 is 0 Å². The molecule has 0 aromatic carbocycles. The second-order valence-electron chi connectivity index (χ2n) is 11.3. The van der Waals surface area contributed by atoms with Gasteiger partial charge in [0.15, 0.2) is 0 Å². The van der Waals surface area contributed by atoms with Crippen LogP contribution in [0, 0.1) is 35.5 Å². The molecule has 0 saturated carbocycles. The Bertz CT molecular complexity index is 700. The minimum Gasteiger partial charge on any atom is -0.206 e. The summed E-state index contributed by atoms with van der Waals surface area (Å²) in [5.74, 6) is 3.13. The van der Waals surface area contributed by atoms with E-state index in [9.17, 15) is 4.39 Å².